The first kappa shape index (κ1) is 14.8. The van der Waals surface area contributed by atoms with Gasteiger partial charge in [0.05, 0.1) is 32.7 Å². The Bertz CT molecular complexity index is 768. The molecule has 0 saturated heterocycles. The standard InChI is InChI=1S/C12H15ClN4O2S/c1-7-12(13)8(2)17(16-7)11-6-9(4-5-10(11)14)20(18,19)15-3/h4-6,15H,14H2,1-3H3. The molecule has 0 saturated carbocycles. The molecule has 1 heterocycles. The third-order valence-corrected chi connectivity index (χ3v) is 4.97. The number of nitrogens with two attached hydrogens (primary N) is 1. The zero-order chi connectivity index (χ0) is 15.1. The number of nitrogens with zero attached hydrogens (tertiary/aromatic N) is 2. The van der Waals surface area contributed by atoms with Crippen LogP contribution in [0.1, 0.15) is 11.4 Å². The highest BCUT2D eigenvalue weighted by Crippen LogP contribution is 2.27. The largest absolute Gasteiger partial charge is 0.397 e. The zero-order valence-electron chi connectivity index (χ0n) is 11.3. The van der Waals surface area contributed by atoms with E-state index in [4.69, 9.17) is 17.3 Å². The summed E-state index contributed by atoms with van der Waals surface area (Å²) in [7, 11) is -2.19. The molecule has 0 aliphatic carbocycles. The highest BCUT2D eigenvalue weighted by molar-refractivity contribution is 7.89. The number of nitrogen functional groups attached to an aromatic ring is 1. The van der Waals surface area contributed by atoms with Crippen LogP contribution < -0.4 is 10.5 Å². The molecule has 0 aliphatic rings. The van der Waals surface area contributed by atoms with Gasteiger partial charge in [0.15, 0.2) is 0 Å². The molecule has 108 valence electrons. The van der Waals surface area contributed by atoms with Crippen LogP contribution in [-0.4, -0.2) is 25.2 Å². The van der Waals surface area contributed by atoms with Crippen molar-refractivity contribution in [3.8, 4) is 5.69 Å². The van der Waals surface area contributed by atoms with E-state index in [0.717, 1.165) is 0 Å². The summed E-state index contributed by atoms with van der Waals surface area (Å²) in [6, 6.07) is 4.44. The second-order valence-electron chi connectivity index (χ2n) is 4.32. The summed E-state index contributed by atoms with van der Waals surface area (Å²) in [5, 5.41) is 4.81. The first-order chi connectivity index (χ1) is 9.27. The fraction of sp³-hybridized carbons (Fsp3) is 0.250. The number of benzene rings is 1. The SMILES string of the molecule is CNS(=O)(=O)c1ccc(N)c(-n2nc(C)c(Cl)c2C)c1. The van der Waals surface area contributed by atoms with Crippen molar-refractivity contribution in [1.82, 2.24) is 14.5 Å². The van der Waals surface area contributed by atoms with Gasteiger partial charge in [-0.15, -0.1) is 0 Å². The predicted molar refractivity (Wildman–Crippen MR) is 78.7 cm³/mol. The summed E-state index contributed by atoms with van der Waals surface area (Å²) < 4.78 is 27.5. The van der Waals surface area contributed by atoms with Crippen molar-refractivity contribution in [3.05, 3.63) is 34.6 Å². The molecule has 0 radical (unpaired) electrons. The van der Waals surface area contributed by atoms with E-state index in [9.17, 15) is 8.42 Å². The van der Waals surface area contributed by atoms with Crippen molar-refractivity contribution < 1.29 is 8.42 Å². The number of aryl methyl sites for hydroxylation is 1. The molecular weight excluding hydrogens is 300 g/mol. The van der Waals surface area contributed by atoms with E-state index < -0.39 is 10.0 Å². The van der Waals surface area contributed by atoms with Crippen molar-refractivity contribution >= 4 is 27.3 Å². The van der Waals surface area contributed by atoms with E-state index in [-0.39, 0.29) is 4.90 Å². The number of aromatic nitrogens is 2. The summed E-state index contributed by atoms with van der Waals surface area (Å²) in [6.07, 6.45) is 0. The minimum Gasteiger partial charge on any atom is -0.397 e. The quantitative estimate of drug-likeness (QED) is 0.843. The Balaban J connectivity index is 2.68. The summed E-state index contributed by atoms with van der Waals surface area (Å²) in [5.41, 5.74) is 8.18. The van der Waals surface area contributed by atoms with Gasteiger partial charge in [0.2, 0.25) is 10.0 Å². The molecule has 20 heavy (non-hydrogen) atoms. The second kappa shape index (κ2) is 5.08. The number of halogens is 1. The molecule has 0 aliphatic heterocycles. The monoisotopic (exact) mass is 314 g/mol. The third-order valence-electron chi connectivity index (χ3n) is 3.01. The Morgan fingerprint density at radius 3 is 2.50 bits per heavy atom. The van der Waals surface area contributed by atoms with E-state index >= 15 is 0 Å². The Morgan fingerprint density at radius 2 is 2.00 bits per heavy atom. The smallest absolute Gasteiger partial charge is 0.240 e. The normalized spacial score (nSPS) is 11.8. The third kappa shape index (κ3) is 2.39. The van der Waals surface area contributed by atoms with Crippen LogP contribution in [0.15, 0.2) is 23.1 Å². The Hall–Kier alpha value is -1.57. The minimum atomic E-state index is -3.54. The predicted octanol–water partition coefficient (Wildman–Crippen LogP) is 1.63. The molecule has 0 fully saturated rings. The lowest BCUT2D eigenvalue weighted by molar-refractivity contribution is 0.588. The Morgan fingerprint density at radius 1 is 1.35 bits per heavy atom. The zero-order valence-corrected chi connectivity index (χ0v) is 12.9. The van der Waals surface area contributed by atoms with Gasteiger partial charge >= 0.3 is 0 Å². The Kier molecular flexibility index (Phi) is 3.77. The number of rotatable bonds is 3. The summed E-state index contributed by atoms with van der Waals surface area (Å²) in [6.45, 7) is 3.57. The molecule has 8 heteroatoms. The van der Waals surface area contributed by atoms with E-state index in [0.29, 0.717) is 27.8 Å². The number of hydrogen-bond donors (Lipinski definition) is 2. The van der Waals surface area contributed by atoms with Crippen LogP contribution in [0.5, 0.6) is 0 Å². The first-order valence-corrected chi connectivity index (χ1v) is 7.69. The highest BCUT2D eigenvalue weighted by Gasteiger charge is 2.17. The van der Waals surface area contributed by atoms with Crippen LogP contribution in [0.2, 0.25) is 5.02 Å². The maximum atomic E-state index is 11.8. The average Bonchev–Trinajstić information content (AvgIpc) is 2.67. The first-order valence-electron chi connectivity index (χ1n) is 5.83. The number of nitrogens with one attached hydrogen (secondary N) is 1. The lowest BCUT2D eigenvalue weighted by atomic mass is 10.2. The molecule has 2 rings (SSSR count). The molecule has 3 N–H and O–H groups in total. The van der Waals surface area contributed by atoms with Crippen LogP contribution >= 0.6 is 11.6 Å². The number of hydrogen-bond acceptors (Lipinski definition) is 4. The van der Waals surface area contributed by atoms with Gasteiger partial charge in [0.1, 0.15) is 0 Å². The maximum absolute atomic E-state index is 11.8. The van der Waals surface area contributed by atoms with Gasteiger partial charge in [0.25, 0.3) is 0 Å². The highest BCUT2D eigenvalue weighted by atomic mass is 35.5. The van der Waals surface area contributed by atoms with Crippen molar-refractivity contribution in [3.63, 3.8) is 0 Å². The van der Waals surface area contributed by atoms with Crippen molar-refractivity contribution in [2.45, 2.75) is 18.7 Å². The van der Waals surface area contributed by atoms with Gasteiger partial charge in [-0.3, -0.25) is 0 Å². The number of anilines is 1. The summed E-state index contributed by atoms with van der Waals surface area (Å²) in [5.74, 6) is 0. The molecule has 2 aromatic rings. The van der Waals surface area contributed by atoms with Crippen molar-refractivity contribution in [1.29, 1.82) is 0 Å². The molecule has 0 unspecified atom stereocenters. The fourth-order valence-electron chi connectivity index (χ4n) is 1.85. The molecule has 0 spiro atoms. The van der Waals surface area contributed by atoms with Gasteiger partial charge < -0.3 is 5.73 Å². The van der Waals surface area contributed by atoms with E-state index in [1.165, 1.54) is 25.2 Å². The molecule has 6 nitrogen and oxygen atoms in total. The van der Waals surface area contributed by atoms with E-state index in [1.54, 1.807) is 18.5 Å². The molecule has 0 amide bonds. The average molecular weight is 315 g/mol. The van der Waals surface area contributed by atoms with E-state index in [1.807, 2.05) is 0 Å². The molecule has 1 aromatic heterocycles. The maximum Gasteiger partial charge on any atom is 0.240 e. The molecule has 1 aromatic carbocycles. The minimum absolute atomic E-state index is 0.118. The van der Waals surface area contributed by atoms with Crippen molar-refractivity contribution in [2.75, 3.05) is 12.8 Å². The van der Waals surface area contributed by atoms with Gasteiger partial charge in [-0.1, -0.05) is 11.6 Å². The van der Waals surface area contributed by atoms with Crippen molar-refractivity contribution in [2.24, 2.45) is 0 Å². The van der Waals surface area contributed by atoms with Crippen LogP contribution in [-0.2, 0) is 10.0 Å². The van der Waals surface area contributed by atoms with Gasteiger partial charge in [-0.2, -0.15) is 5.10 Å². The molecular formula is C12H15ClN4O2S. The number of sulfonamides is 1. The van der Waals surface area contributed by atoms with Crippen LogP contribution in [0, 0.1) is 13.8 Å². The fourth-order valence-corrected chi connectivity index (χ4v) is 2.72. The van der Waals surface area contributed by atoms with Crippen LogP contribution in [0.25, 0.3) is 5.69 Å². The summed E-state index contributed by atoms with van der Waals surface area (Å²) in [4.78, 5) is 0.118. The summed E-state index contributed by atoms with van der Waals surface area (Å²) >= 11 is 6.10. The van der Waals surface area contributed by atoms with Crippen LogP contribution in [0.4, 0.5) is 5.69 Å². The molecule has 0 atom stereocenters. The topological polar surface area (TPSA) is 90.0 Å². The Labute approximate surface area is 122 Å². The van der Waals surface area contributed by atoms with Gasteiger partial charge in [-0.25, -0.2) is 17.8 Å². The van der Waals surface area contributed by atoms with E-state index in [2.05, 4.69) is 9.82 Å². The lowest BCUT2D eigenvalue weighted by Crippen LogP contribution is -2.19. The van der Waals surface area contributed by atoms with Gasteiger partial charge in [-0.05, 0) is 39.1 Å². The lowest BCUT2D eigenvalue weighted by Gasteiger charge is -2.10. The van der Waals surface area contributed by atoms with Gasteiger partial charge in [0, 0.05) is 0 Å². The van der Waals surface area contributed by atoms with Crippen LogP contribution in [0.3, 0.4) is 0 Å². The second-order valence-corrected chi connectivity index (χ2v) is 6.59. The molecule has 0 bridgehead atoms.